The van der Waals surface area contributed by atoms with E-state index >= 15 is 0 Å². The van der Waals surface area contributed by atoms with E-state index in [1.165, 1.54) is 23.2 Å². The van der Waals surface area contributed by atoms with Crippen molar-refractivity contribution in [2.75, 3.05) is 0 Å². The number of hydrogen-bond acceptors (Lipinski definition) is 5. The van der Waals surface area contributed by atoms with Gasteiger partial charge in [-0.15, -0.1) is 0 Å². The zero-order chi connectivity index (χ0) is 11.6. The summed E-state index contributed by atoms with van der Waals surface area (Å²) >= 11 is 0. The van der Waals surface area contributed by atoms with Crippen molar-refractivity contribution in [1.82, 2.24) is 5.16 Å². The monoisotopic (exact) mass is 240 g/mol. The minimum absolute atomic E-state index is 0.580. The summed E-state index contributed by atoms with van der Waals surface area (Å²) in [6.45, 7) is 0. The summed E-state index contributed by atoms with van der Waals surface area (Å²) < 4.78 is 37.7. The molecule has 0 aliphatic heterocycles. The van der Waals surface area contributed by atoms with Crippen molar-refractivity contribution in [2.45, 2.75) is 5.88 Å². The van der Waals surface area contributed by atoms with Gasteiger partial charge in [0, 0.05) is 23.8 Å². The third-order valence-electron chi connectivity index (χ3n) is 1.92. The van der Waals surface area contributed by atoms with E-state index in [0.717, 1.165) is 5.56 Å². The van der Waals surface area contributed by atoms with Gasteiger partial charge in [0.05, 0.1) is 6.20 Å². The molecule has 0 atom stereocenters. The Morgan fingerprint density at radius 1 is 1.31 bits per heavy atom. The summed E-state index contributed by atoms with van der Waals surface area (Å²) in [4.78, 5) is 0. The minimum atomic E-state index is -4.27. The highest BCUT2D eigenvalue weighted by Gasteiger charge is 2.07. The van der Waals surface area contributed by atoms with E-state index in [1.54, 1.807) is 18.2 Å². The summed E-state index contributed by atoms with van der Waals surface area (Å²) in [6, 6.07) is 4.97. The Labute approximate surface area is 91.9 Å². The zero-order valence-corrected chi connectivity index (χ0v) is 8.92. The van der Waals surface area contributed by atoms with Crippen LogP contribution < -0.4 is 4.57 Å². The first-order valence-electron chi connectivity index (χ1n) is 4.38. The van der Waals surface area contributed by atoms with Crippen LogP contribution in [0.1, 0.15) is 0 Å². The fraction of sp³-hybridized carbons (Fsp3) is 0.111. The van der Waals surface area contributed by atoms with Gasteiger partial charge in [-0.3, -0.25) is 0 Å². The van der Waals surface area contributed by atoms with Crippen molar-refractivity contribution in [1.29, 1.82) is 0 Å². The molecule has 0 amide bonds. The average Bonchev–Trinajstić information content (AvgIpc) is 2.69. The summed E-state index contributed by atoms with van der Waals surface area (Å²) in [6.07, 6.45) is 4.50. The Balaban J connectivity index is 2.24. The molecule has 0 saturated carbocycles. The highest BCUT2D eigenvalue weighted by atomic mass is 32.2. The number of aromatic nitrogens is 2. The van der Waals surface area contributed by atoms with Gasteiger partial charge < -0.3 is 9.08 Å². The number of pyridine rings is 1. The van der Waals surface area contributed by atoms with E-state index in [2.05, 4.69) is 5.16 Å². The van der Waals surface area contributed by atoms with Crippen LogP contribution in [0.4, 0.5) is 0 Å². The molecule has 0 N–H and O–H groups in total. The van der Waals surface area contributed by atoms with Gasteiger partial charge >= 0.3 is 0 Å². The Kier molecular flexibility index (Phi) is 2.71. The van der Waals surface area contributed by atoms with Crippen molar-refractivity contribution in [2.24, 2.45) is 0 Å². The third-order valence-corrected chi connectivity index (χ3v) is 2.54. The van der Waals surface area contributed by atoms with Crippen molar-refractivity contribution in [3.05, 3.63) is 36.8 Å². The van der Waals surface area contributed by atoms with Crippen LogP contribution in [0.2, 0.25) is 0 Å². The maximum absolute atomic E-state index is 10.5. The van der Waals surface area contributed by atoms with Gasteiger partial charge in [-0.25, -0.2) is 8.42 Å². The molecule has 2 heterocycles. The molecule has 0 aliphatic rings. The quantitative estimate of drug-likeness (QED) is 0.562. The molecule has 84 valence electrons. The van der Waals surface area contributed by atoms with Gasteiger partial charge in [-0.2, -0.15) is 4.57 Å². The van der Waals surface area contributed by atoms with Gasteiger partial charge in [0.15, 0.2) is 28.3 Å². The Hall–Kier alpha value is -1.73. The molecule has 7 heteroatoms. The molecule has 0 aliphatic carbocycles. The van der Waals surface area contributed by atoms with Gasteiger partial charge in [-0.05, 0) is 0 Å². The second-order valence-electron chi connectivity index (χ2n) is 3.16. The fourth-order valence-electron chi connectivity index (χ4n) is 1.25. The molecule has 0 spiro atoms. The highest BCUT2D eigenvalue weighted by molar-refractivity contribution is 7.84. The van der Waals surface area contributed by atoms with Gasteiger partial charge in [0.2, 0.25) is 5.88 Å². The predicted octanol–water partition coefficient (Wildman–Crippen LogP) is 0.132. The molecular formula is C9H8N2O4S. The van der Waals surface area contributed by atoms with E-state index in [1.807, 2.05) is 0 Å². The van der Waals surface area contributed by atoms with Crippen LogP contribution in [-0.2, 0) is 16.0 Å². The molecule has 0 unspecified atom stereocenters. The standard InChI is InChI=1S/C9H8N2O4S/c12-16(13,14)7-11-5-2-8(3-6-11)9-1-4-10-15-9/h1-6H,7H2. The van der Waals surface area contributed by atoms with Crippen molar-refractivity contribution < 1.29 is 22.1 Å². The van der Waals surface area contributed by atoms with E-state index < -0.39 is 16.0 Å². The van der Waals surface area contributed by atoms with Gasteiger partial charge in [0.25, 0.3) is 0 Å². The van der Waals surface area contributed by atoms with E-state index in [4.69, 9.17) is 4.52 Å². The van der Waals surface area contributed by atoms with Crippen molar-refractivity contribution in [3.63, 3.8) is 0 Å². The predicted molar refractivity (Wildman–Crippen MR) is 51.8 cm³/mol. The van der Waals surface area contributed by atoms with Gasteiger partial charge in [-0.1, -0.05) is 5.16 Å². The summed E-state index contributed by atoms with van der Waals surface area (Å²) in [7, 11) is -4.27. The van der Waals surface area contributed by atoms with Crippen molar-refractivity contribution >= 4 is 10.1 Å². The molecule has 2 rings (SSSR count). The molecule has 0 saturated heterocycles. The number of rotatable bonds is 3. The summed E-state index contributed by atoms with van der Waals surface area (Å²) in [5.74, 6) is 0.000999. The molecular weight excluding hydrogens is 232 g/mol. The Bertz CT molecular complexity index is 560. The second kappa shape index (κ2) is 4.03. The second-order valence-corrected chi connectivity index (χ2v) is 4.54. The smallest absolute Gasteiger partial charge is 0.236 e. The lowest BCUT2D eigenvalue weighted by Crippen LogP contribution is -2.36. The van der Waals surface area contributed by atoms with Crippen LogP contribution in [0.3, 0.4) is 0 Å². The van der Waals surface area contributed by atoms with Crippen LogP contribution in [0.25, 0.3) is 11.3 Å². The molecule has 0 aromatic carbocycles. The first-order valence-corrected chi connectivity index (χ1v) is 5.96. The lowest BCUT2D eigenvalue weighted by Gasteiger charge is -2.02. The minimum Gasteiger partial charge on any atom is -0.743 e. The van der Waals surface area contributed by atoms with Crippen LogP contribution in [0, 0.1) is 0 Å². The summed E-state index contributed by atoms with van der Waals surface area (Å²) in [5, 5.41) is 3.55. The van der Waals surface area contributed by atoms with Crippen LogP contribution in [0.5, 0.6) is 0 Å². The largest absolute Gasteiger partial charge is 0.743 e. The molecule has 0 radical (unpaired) electrons. The zero-order valence-electron chi connectivity index (χ0n) is 8.11. The lowest BCUT2D eigenvalue weighted by molar-refractivity contribution is -0.678. The van der Waals surface area contributed by atoms with E-state index in [9.17, 15) is 13.0 Å². The third kappa shape index (κ3) is 2.65. The average molecular weight is 240 g/mol. The number of hydrogen-bond donors (Lipinski definition) is 0. The first-order chi connectivity index (χ1) is 7.54. The van der Waals surface area contributed by atoms with Crippen molar-refractivity contribution in [3.8, 4) is 11.3 Å². The van der Waals surface area contributed by atoms with Crippen LogP contribution in [0.15, 0.2) is 41.3 Å². The maximum Gasteiger partial charge on any atom is 0.236 e. The Morgan fingerprint density at radius 3 is 2.50 bits per heavy atom. The normalized spacial score (nSPS) is 11.6. The van der Waals surface area contributed by atoms with E-state index in [0.29, 0.717) is 5.76 Å². The maximum atomic E-state index is 10.5. The molecule has 6 nitrogen and oxygen atoms in total. The molecule has 2 aromatic rings. The first kappa shape index (κ1) is 10.8. The van der Waals surface area contributed by atoms with E-state index in [-0.39, 0.29) is 0 Å². The van der Waals surface area contributed by atoms with Crippen LogP contribution >= 0.6 is 0 Å². The topological polar surface area (TPSA) is 87.1 Å². The fourth-order valence-corrected chi connectivity index (χ4v) is 1.79. The molecule has 2 aromatic heterocycles. The Morgan fingerprint density at radius 2 is 2.00 bits per heavy atom. The highest BCUT2D eigenvalue weighted by Crippen LogP contribution is 2.15. The molecule has 16 heavy (non-hydrogen) atoms. The van der Waals surface area contributed by atoms with Crippen LogP contribution in [-0.4, -0.2) is 18.1 Å². The molecule has 0 fully saturated rings. The van der Waals surface area contributed by atoms with Gasteiger partial charge in [0.1, 0.15) is 0 Å². The summed E-state index contributed by atoms with van der Waals surface area (Å²) in [5.41, 5.74) is 0.761. The number of nitrogens with zero attached hydrogens (tertiary/aromatic N) is 2. The lowest BCUT2D eigenvalue weighted by atomic mass is 10.2. The SMILES string of the molecule is O=S(=O)([O-])C[n+]1ccc(-c2ccno2)cc1. The molecule has 0 bridgehead atoms.